The maximum atomic E-state index is 12.0. The van der Waals surface area contributed by atoms with E-state index in [1.54, 1.807) is 30.3 Å². The lowest BCUT2D eigenvalue weighted by Gasteiger charge is -2.36. The van der Waals surface area contributed by atoms with Crippen LogP contribution in [0, 0.1) is 17.0 Å². The van der Waals surface area contributed by atoms with Crippen LogP contribution in [0.4, 0.5) is 26.8 Å². The lowest BCUT2D eigenvalue weighted by molar-refractivity contribution is -0.385. The molecule has 1 saturated heterocycles. The van der Waals surface area contributed by atoms with E-state index in [1.165, 1.54) is 12.5 Å². The van der Waals surface area contributed by atoms with Gasteiger partial charge in [0.25, 0.3) is 5.69 Å². The summed E-state index contributed by atoms with van der Waals surface area (Å²) >= 11 is 0. The third-order valence-electron chi connectivity index (χ3n) is 6.99. The van der Waals surface area contributed by atoms with Gasteiger partial charge in [0.05, 0.1) is 22.9 Å². The van der Waals surface area contributed by atoms with Crippen LogP contribution < -0.4 is 15.0 Å². The predicted molar refractivity (Wildman–Crippen MR) is 170 cm³/mol. The molecule has 0 aromatic carbocycles. The topological polar surface area (TPSA) is 165 Å². The first-order chi connectivity index (χ1) is 21.1. The molecule has 0 spiro atoms. The molecule has 2 fully saturated rings. The average molecular weight is 626 g/mol. The number of H-pyrrole nitrogens is 1. The summed E-state index contributed by atoms with van der Waals surface area (Å²) in [5, 5.41) is 14.4. The Kier molecular flexibility index (Phi) is 10.0. The van der Waals surface area contributed by atoms with E-state index in [4.69, 9.17) is 14.2 Å². The molecule has 45 heavy (non-hydrogen) atoms. The molecule has 0 radical (unpaired) electrons. The zero-order chi connectivity index (χ0) is 32.9. The number of amides is 2. The third-order valence-corrected chi connectivity index (χ3v) is 6.99. The highest BCUT2D eigenvalue weighted by Crippen LogP contribution is 2.30. The number of aromatic nitrogens is 3. The number of nitro groups is 1. The first kappa shape index (κ1) is 33.3. The number of carbonyl (C=O) groups excluding carboxylic acids is 2. The third kappa shape index (κ3) is 9.43. The second-order valence-electron chi connectivity index (χ2n) is 13.1. The maximum Gasteiger partial charge on any atom is 0.412 e. The predicted octanol–water partition coefficient (Wildman–Crippen LogP) is 6.20. The van der Waals surface area contributed by atoms with Gasteiger partial charge in [0.15, 0.2) is 0 Å². The Labute approximate surface area is 262 Å². The number of nitrogens with one attached hydrogen (secondary N) is 2. The van der Waals surface area contributed by atoms with Gasteiger partial charge in [0.1, 0.15) is 34.1 Å². The number of nitrogens with zero attached hydrogens (tertiary/aromatic N) is 5. The number of ether oxygens (including phenoxy) is 3. The number of rotatable bonds is 5. The van der Waals surface area contributed by atoms with Crippen molar-refractivity contribution in [2.24, 2.45) is 0 Å². The van der Waals surface area contributed by atoms with Crippen LogP contribution in [0.15, 0.2) is 30.6 Å². The van der Waals surface area contributed by atoms with Crippen LogP contribution in [0.2, 0.25) is 0 Å². The van der Waals surface area contributed by atoms with Gasteiger partial charge in [-0.05, 0) is 79.9 Å². The van der Waals surface area contributed by atoms with E-state index in [0.717, 1.165) is 24.0 Å². The molecule has 1 aliphatic carbocycles. The molecule has 3 aromatic heterocycles. The van der Waals surface area contributed by atoms with E-state index in [0.29, 0.717) is 55.1 Å². The van der Waals surface area contributed by atoms with Crippen LogP contribution in [0.3, 0.4) is 0 Å². The van der Waals surface area contributed by atoms with Gasteiger partial charge >= 0.3 is 12.2 Å². The van der Waals surface area contributed by atoms with Gasteiger partial charge in [0.2, 0.25) is 0 Å². The fourth-order valence-electron chi connectivity index (χ4n) is 4.60. The molecule has 5 rings (SSSR count). The number of piperazine rings is 1. The molecule has 244 valence electrons. The van der Waals surface area contributed by atoms with Gasteiger partial charge in [-0.3, -0.25) is 15.4 Å². The van der Waals surface area contributed by atoms with Crippen molar-refractivity contribution in [2.45, 2.75) is 85.0 Å². The molecule has 14 heteroatoms. The second kappa shape index (κ2) is 13.6. The van der Waals surface area contributed by atoms with Gasteiger partial charge < -0.3 is 29.0 Å². The van der Waals surface area contributed by atoms with Crippen molar-refractivity contribution in [2.75, 3.05) is 36.4 Å². The number of aromatic amines is 1. The minimum atomic E-state index is -0.535. The maximum absolute atomic E-state index is 12.0. The number of hydrogen-bond acceptors (Lipinski definition) is 10. The lowest BCUT2D eigenvalue weighted by Crippen LogP contribution is -2.50. The van der Waals surface area contributed by atoms with Crippen molar-refractivity contribution in [3.8, 4) is 5.75 Å². The molecular weight excluding hydrogens is 582 g/mol. The van der Waals surface area contributed by atoms with Crippen LogP contribution in [0.1, 0.15) is 66.5 Å². The second-order valence-corrected chi connectivity index (χ2v) is 13.1. The number of anilines is 2. The number of pyridine rings is 2. The summed E-state index contributed by atoms with van der Waals surface area (Å²) in [6, 6.07) is 5.01. The van der Waals surface area contributed by atoms with Crippen molar-refractivity contribution in [1.29, 1.82) is 0 Å². The number of carbonyl (C=O) groups is 2. The van der Waals surface area contributed by atoms with Crippen molar-refractivity contribution in [1.82, 2.24) is 19.9 Å². The Balaban J connectivity index is 0.000000205. The summed E-state index contributed by atoms with van der Waals surface area (Å²) in [6.07, 6.45) is 6.30. The highest BCUT2D eigenvalue weighted by molar-refractivity contribution is 5.98. The molecule has 1 aliphatic heterocycles. The molecule has 0 unspecified atom stereocenters. The van der Waals surface area contributed by atoms with Gasteiger partial charge in [-0.15, -0.1) is 0 Å². The summed E-state index contributed by atoms with van der Waals surface area (Å²) in [6.45, 7) is 14.9. The van der Waals surface area contributed by atoms with Crippen molar-refractivity contribution in [3.05, 3.63) is 46.4 Å². The van der Waals surface area contributed by atoms with Crippen molar-refractivity contribution in [3.63, 3.8) is 0 Å². The molecule has 1 saturated carbocycles. The molecule has 3 aromatic rings. The Morgan fingerprint density at radius 2 is 1.71 bits per heavy atom. The molecule has 14 nitrogen and oxygen atoms in total. The highest BCUT2D eigenvalue weighted by Gasteiger charge is 2.27. The van der Waals surface area contributed by atoms with E-state index in [9.17, 15) is 19.7 Å². The first-order valence-electron chi connectivity index (χ1n) is 15.1. The molecule has 2 aliphatic rings. The molecular formula is C31H43N7O7. The van der Waals surface area contributed by atoms with Gasteiger partial charge in [-0.2, -0.15) is 0 Å². The van der Waals surface area contributed by atoms with E-state index in [-0.39, 0.29) is 11.8 Å². The van der Waals surface area contributed by atoms with Crippen LogP contribution in [0.5, 0.6) is 5.75 Å². The van der Waals surface area contributed by atoms with E-state index < -0.39 is 22.2 Å². The molecule has 2 amide bonds. The number of aryl methyl sites for hydroxylation is 1. The zero-order valence-corrected chi connectivity index (χ0v) is 27.0. The smallest absolute Gasteiger partial charge is 0.412 e. The number of fused-ring (bicyclic) bond motifs is 1. The zero-order valence-electron chi connectivity index (χ0n) is 27.0. The van der Waals surface area contributed by atoms with Gasteiger partial charge in [-0.1, -0.05) is 0 Å². The van der Waals surface area contributed by atoms with E-state index in [2.05, 4.69) is 20.3 Å². The summed E-state index contributed by atoms with van der Waals surface area (Å²) in [4.78, 5) is 49.6. The number of hydrogen-bond donors (Lipinski definition) is 2. The minimum Gasteiger partial charge on any atom is -0.489 e. The van der Waals surface area contributed by atoms with Crippen molar-refractivity contribution >= 4 is 40.4 Å². The van der Waals surface area contributed by atoms with Crippen LogP contribution >= 0.6 is 0 Å². The lowest BCUT2D eigenvalue weighted by atomic mass is 9.96. The van der Waals surface area contributed by atoms with Crippen molar-refractivity contribution < 1.29 is 28.7 Å². The molecule has 0 atom stereocenters. The van der Waals surface area contributed by atoms with Crippen LogP contribution in [0.25, 0.3) is 11.0 Å². The molecule has 4 heterocycles. The SMILES string of the molecule is CC(C)(C)OC(=O)Nc1c[nH]c2ncc(OC3CCC3)cc12.Cc1nc(N2CCN(C(=O)OC(C)(C)C)CC2)ccc1[N+](=O)[O-]. The Morgan fingerprint density at radius 1 is 1.04 bits per heavy atom. The Morgan fingerprint density at radius 3 is 2.27 bits per heavy atom. The van der Waals surface area contributed by atoms with E-state index in [1.807, 2.05) is 52.5 Å². The fraction of sp³-hybridized carbons (Fsp3) is 0.548. The largest absolute Gasteiger partial charge is 0.489 e. The minimum absolute atomic E-state index is 0.0149. The van der Waals surface area contributed by atoms with Gasteiger partial charge in [0, 0.05) is 43.8 Å². The fourth-order valence-corrected chi connectivity index (χ4v) is 4.60. The first-order valence-corrected chi connectivity index (χ1v) is 15.1. The molecule has 0 bridgehead atoms. The van der Waals surface area contributed by atoms with Crippen LogP contribution in [-0.2, 0) is 9.47 Å². The van der Waals surface area contributed by atoms with Crippen LogP contribution in [-0.4, -0.2) is 80.4 Å². The molecule has 2 N–H and O–H groups in total. The average Bonchev–Trinajstić information content (AvgIpc) is 3.30. The monoisotopic (exact) mass is 625 g/mol. The standard InChI is InChI=1S/C16H21N3O3.C15H22N4O4/c1-16(2,3)22-15(20)19-13-9-18-14-12(13)7-11(8-17-14)21-10-5-4-6-10;1-11-12(19(21)22)5-6-13(16-11)17-7-9-18(10-8-17)14(20)23-15(2,3)4/h7-10H,4-6H2,1-3H3,(H,17,18)(H,19,20);5-6H,7-10H2,1-4H3. The Bertz CT molecular complexity index is 1510. The summed E-state index contributed by atoms with van der Waals surface area (Å²) in [5.74, 6) is 1.42. The summed E-state index contributed by atoms with van der Waals surface area (Å²) in [5.41, 5.74) is 0.698. The summed E-state index contributed by atoms with van der Waals surface area (Å²) in [7, 11) is 0. The Hall–Kier alpha value is -4.62. The van der Waals surface area contributed by atoms with E-state index >= 15 is 0 Å². The van der Waals surface area contributed by atoms with Gasteiger partial charge in [-0.25, -0.2) is 19.6 Å². The normalized spacial score (nSPS) is 15.4. The quantitative estimate of drug-likeness (QED) is 0.246. The highest BCUT2D eigenvalue weighted by atomic mass is 16.6. The summed E-state index contributed by atoms with van der Waals surface area (Å²) < 4.78 is 16.5.